The molecule has 0 spiro atoms. The molecule has 2 atom stereocenters. The minimum absolute atomic E-state index is 0.180. The van der Waals surface area contributed by atoms with Gasteiger partial charge in [0.15, 0.2) is 6.10 Å². The third kappa shape index (κ3) is 4.20. The van der Waals surface area contributed by atoms with Gasteiger partial charge in [0, 0.05) is 24.7 Å². The first-order valence-corrected chi connectivity index (χ1v) is 6.09. The van der Waals surface area contributed by atoms with E-state index in [1.165, 1.54) is 26.1 Å². The van der Waals surface area contributed by atoms with Crippen molar-refractivity contribution < 1.29 is 18.7 Å². The van der Waals surface area contributed by atoms with E-state index in [1.54, 1.807) is 6.92 Å². The fourth-order valence-corrected chi connectivity index (χ4v) is 1.51. The van der Waals surface area contributed by atoms with Crippen molar-refractivity contribution in [3.63, 3.8) is 0 Å². The van der Waals surface area contributed by atoms with Crippen molar-refractivity contribution in [2.24, 2.45) is 5.73 Å². The fourth-order valence-electron chi connectivity index (χ4n) is 1.51. The molecule has 7 heteroatoms. The lowest BCUT2D eigenvalue weighted by molar-refractivity contribution is -0.126. The number of hydrogen-bond donors (Lipinski definition) is 3. The van der Waals surface area contributed by atoms with Gasteiger partial charge in [-0.3, -0.25) is 10.1 Å². The topological polar surface area (TPSA) is 93.5 Å². The molecule has 0 fully saturated rings. The van der Waals surface area contributed by atoms with Crippen molar-refractivity contribution in [2.75, 3.05) is 7.05 Å². The van der Waals surface area contributed by atoms with Crippen molar-refractivity contribution in [3.05, 3.63) is 29.6 Å². The Labute approximate surface area is 116 Å². The van der Waals surface area contributed by atoms with E-state index in [0.29, 0.717) is 5.56 Å². The van der Waals surface area contributed by atoms with Crippen LogP contribution in [0, 0.1) is 5.82 Å². The standard InChI is InChI=1S/C13H18FN3O3/c1-7(15)10-5-4-9(14)6-11(10)20-8(2)12(18)17-13(19)16-3/h4-8H,15H2,1-3H3,(H2,16,17,18,19)/t7-,8?/m0/s1. The second-order valence-corrected chi connectivity index (χ2v) is 4.30. The molecule has 0 heterocycles. The number of nitrogens with one attached hydrogen (secondary N) is 2. The summed E-state index contributed by atoms with van der Waals surface area (Å²) in [5.74, 6) is -0.952. The summed E-state index contributed by atoms with van der Waals surface area (Å²) in [5.41, 5.74) is 6.33. The molecule has 0 saturated carbocycles. The largest absolute Gasteiger partial charge is 0.480 e. The molecule has 110 valence electrons. The van der Waals surface area contributed by atoms with Crippen LogP contribution in [-0.2, 0) is 4.79 Å². The molecule has 1 aromatic rings. The molecule has 0 aliphatic carbocycles. The zero-order valence-corrected chi connectivity index (χ0v) is 11.6. The Morgan fingerprint density at radius 2 is 2.00 bits per heavy atom. The summed E-state index contributed by atoms with van der Waals surface area (Å²) in [6, 6.07) is 2.90. The van der Waals surface area contributed by atoms with Gasteiger partial charge in [-0.1, -0.05) is 6.07 Å². The maximum Gasteiger partial charge on any atom is 0.321 e. The highest BCUT2D eigenvalue weighted by molar-refractivity contribution is 5.96. The van der Waals surface area contributed by atoms with Crippen molar-refractivity contribution in [2.45, 2.75) is 26.0 Å². The Bertz CT molecular complexity index is 506. The first kappa shape index (κ1) is 15.9. The number of urea groups is 1. The van der Waals surface area contributed by atoms with Crippen molar-refractivity contribution in [3.8, 4) is 5.75 Å². The highest BCUT2D eigenvalue weighted by Gasteiger charge is 2.19. The van der Waals surface area contributed by atoms with Crippen molar-refractivity contribution in [1.82, 2.24) is 10.6 Å². The molecule has 4 N–H and O–H groups in total. The number of amides is 3. The smallest absolute Gasteiger partial charge is 0.321 e. The van der Waals surface area contributed by atoms with Gasteiger partial charge in [0.05, 0.1) is 0 Å². The molecule has 0 saturated heterocycles. The van der Waals surface area contributed by atoms with E-state index < -0.39 is 23.9 Å². The lowest BCUT2D eigenvalue weighted by Crippen LogP contribution is -2.44. The van der Waals surface area contributed by atoms with Gasteiger partial charge < -0.3 is 15.8 Å². The van der Waals surface area contributed by atoms with Gasteiger partial charge in [0.2, 0.25) is 0 Å². The molecular weight excluding hydrogens is 265 g/mol. The first-order valence-electron chi connectivity index (χ1n) is 6.09. The van der Waals surface area contributed by atoms with Crippen LogP contribution in [0.1, 0.15) is 25.5 Å². The normalized spacial score (nSPS) is 13.2. The van der Waals surface area contributed by atoms with Crippen LogP contribution in [0.3, 0.4) is 0 Å². The minimum atomic E-state index is -0.966. The number of nitrogens with two attached hydrogens (primary N) is 1. The number of halogens is 1. The molecule has 1 unspecified atom stereocenters. The number of carbonyl (C=O) groups is 2. The third-order valence-corrected chi connectivity index (χ3v) is 2.60. The molecule has 0 aliphatic rings. The zero-order chi connectivity index (χ0) is 15.3. The van der Waals surface area contributed by atoms with Gasteiger partial charge in [-0.05, 0) is 19.9 Å². The summed E-state index contributed by atoms with van der Waals surface area (Å²) < 4.78 is 18.6. The Hall–Kier alpha value is -2.15. The highest BCUT2D eigenvalue weighted by atomic mass is 19.1. The third-order valence-electron chi connectivity index (χ3n) is 2.60. The summed E-state index contributed by atoms with van der Waals surface area (Å²) in [6.45, 7) is 3.17. The van der Waals surface area contributed by atoms with Gasteiger partial charge >= 0.3 is 6.03 Å². The quantitative estimate of drug-likeness (QED) is 0.770. The molecule has 1 rings (SSSR count). The molecule has 6 nitrogen and oxygen atoms in total. The molecule has 3 amide bonds. The van der Waals surface area contributed by atoms with Crippen molar-refractivity contribution in [1.29, 1.82) is 0 Å². The van der Waals surface area contributed by atoms with Crippen LogP contribution < -0.4 is 21.1 Å². The van der Waals surface area contributed by atoms with E-state index in [9.17, 15) is 14.0 Å². The summed E-state index contributed by atoms with van der Waals surface area (Å²) in [4.78, 5) is 22.7. The monoisotopic (exact) mass is 283 g/mol. The molecule has 0 bridgehead atoms. The van der Waals surface area contributed by atoms with Crippen LogP contribution in [0.15, 0.2) is 18.2 Å². The number of imide groups is 1. The van der Waals surface area contributed by atoms with Crippen LogP contribution in [0.4, 0.5) is 9.18 Å². The predicted molar refractivity (Wildman–Crippen MR) is 71.7 cm³/mol. The number of hydrogen-bond acceptors (Lipinski definition) is 4. The minimum Gasteiger partial charge on any atom is -0.480 e. The number of benzene rings is 1. The van der Waals surface area contributed by atoms with Crippen LogP contribution >= 0.6 is 0 Å². The van der Waals surface area contributed by atoms with Gasteiger partial charge in [0.1, 0.15) is 11.6 Å². The molecule has 0 aliphatic heterocycles. The summed E-state index contributed by atoms with van der Waals surface area (Å²) in [5, 5.41) is 4.32. The van der Waals surface area contributed by atoms with Crippen LogP contribution in [0.25, 0.3) is 0 Å². The lowest BCUT2D eigenvalue weighted by Gasteiger charge is -2.18. The maximum absolute atomic E-state index is 13.2. The highest BCUT2D eigenvalue weighted by Crippen LogP contribution is 2.25. The molecule has 0 aromatic heterocycles. The van der Waals surface area contributed by atoms with E-state index in [4.69, 9.17) is 10.5 Å². The Kier molecular flexibility index (Phi) is 5.45. The molecular formula is C13H18FN3O3. The zero-order valence-electron chi connectivity index (χ0n) is 11.6. The Morgan fingerprint density at radius 3 is 2.55 bits per heavy atom. The van der Waals surface area contributed by atoms with Crippen molar-refractivity contribution >= 4 is 11.9 Å². The number of rotatable bonds is 4. The molecule has 1 aromatic carbocycles. The first-order chi connectivity index (χ1) is 9.35. The van der Waals surface area contributed by atoms with E-state index in [1.807, 2.05) is 0 Å². The maximum atomic E-state index is 13.2. The number of carbonyl (C=O) groups excluding carboxylic acids is 2. The van der Waals surface area contributed by atoms with Gasteiger partial charge in [-0.15, -0.1) is 0 Å². The second-order valence-electron chi connectivity index (χ2n) is 4.30. The Morgan fingerprint density at radius 1 is 1.35 bits per heavy atom. The van der Waals surface area contributed by atoms with Crippen LogP contribution in [-0.4, -0.2) is 25.1 Å². The molecule has 20 heavy (non-hydrogen) atoms. The lowest BCUT2D eigenvalue weighted by atomic mass is 10.1. The van der Waals surface area contributed by atoms with Gasteiger partial charge in [-0.25, -0.2) is 9.18 Å². The van der Waals surface area contributed by atoms with Crippen LogP contribution in [0.2, 0.25) is 0 Å². The SMILES string of the molecule is CNC(=O)NC(=O)C(C)Oc1cc(F)ccc1[C@H](C)N. The van der Waals surface area contributed by atoms with E-state index in [0.717, 1.165) is 6.07 Å². The predicted octanol–water partition coefficient (Wildman–Crippen LogP) is 1.07. The molecule has 0 radical (unpaired) electrons. The van der Waals surface area contributed by atoms with Crippen LogP contribution in [0.5, 0.6) is 5.75 Å². The van der Waals surface area contributed by atoms with E-state index in [2.05, 4.69) is 10.6 Å². The van der Waals surface area contributed by atoms with E-state index >= 15 is 0 Å². The summed E-state index contributed by atoms with van der Waals surface area (Å²) in [7, 11) is 1.38. The number of ether oxygens (including phenoxy) is 1. The van der Waals surface area contributed by atoms with Gasteiger partial charge in [-0.2, -0.15) is 0 Å². The fraction of sp³-hybridized carbons (Fsp3) is 0.385. The Balaban J connectivity index is 2.84. The average Bonchev–Trinajstić information content (AvgIpc) is 2.38. The van der Waals surface area contributed by atoms with E-state index in [-0.39, 0.29) is 11.8 Å². The van der Waals surface area contributed by atoms with Gasteiger partial charge in [0.25, 0.3) is 5.91 Å². The summed E-state index contributed by atoms with van der Waals surface area (Å²) in [6.07, 6.45) is -0.966. The second kappa shape index (κ2) is 6.85. The average molecular weight is 283 g/mol. The summed E-state index contributed by atoms with van der Waals surface area (Å²) >= 11 is 0.